The van der Waals surface area contributed by atoms with Gasteiger partial charge in [0.2, 0.25) is 0 Å². The van der Waals surface area contributed by atoms with Crippen LogP contribution in [-0.4, -0.2) is 52.1 Å². The molecule has 1 unspecified atom stereocenters. The monoisotopic (exact) mass is 424 g/mol. The van der Waals surface area contributed by atoms with Crippen LogP contribution in [0.1, 0.15) is 50.0 Å². The van der Waals surface area contributed by atoms with E-state index in [4.69, 9.17) is 14.6 Å². The molecule has 0 spiro atoms. The lowest BCUT2D eigenvalue weighted by molar-refractivity contribution is -0.385. The van der Waals surface area contributed by atoms with Gasteiger partial charge in [0.1, 0.15) is 11.6 Å². The smallest absolute Gasteiger partial charge is 0.408 e. The van der Waals surface area contributed by atoms with Crippen LogP contribution < -0.4 is 5.32 Å². The fourth-order valence-corrected chi connectivity index (χ4v) is 2.31. The second-order valence-corrected chi connectivity index (χ2v) is 7.37. The summed E-state index contributed by atoms with van der Waals surface area (Å²) in [5.41, 5.74) is -0.700. The van der Waals surface area contributed by atoms with Gasteiger partial charge in [-0.25, -0.2) is 9.59 Å². The lowest BCUT2D eigenvalue weighted by atomic mass is 10.0. The SMILES string of the molecule is CC(=O)c1ccc(CCOC(=O)CC(NC(=O)OC(C)(C)C)C(=O)O)c([N+](=O)[O-])c1. The summed E-state index contributed by atoms with van der Waals surface area (Å²) < 4.78 is 9.89. The van der Waals surface area contributed by atoms with Crippen molar-refractivity contribution in [1.82, 2.24) is 5.32 Å². The lowest BCUT2D eigenvalue weighted by Gasteiger charge is -2.21. The number of carbonyl (C=O) groups excluding carboxylic acids is 3. The first kappa shape index (κ1) is 24.5. The number of carboxylic acids is 1. The highest BCUT2D eigenvalue weighted by Crippen LogP contribution is 2.21. The van der Waals surface area contributed by atoms with E-state index in [1.165, 1.54) is 19.1 Å². The quantitative estimate of drug-likeness (QED) is 0.262. The van der Waals surface area contributed by atoms with E-state index >= 15 is 0 Å². The number of rotatable bonds is 9. The van der Waals surface area contributed by atoms with Gasteiger partial charge < -0.3 is 19.9 Å². The number of esters is 1. The second kappa shape index (κ2) is 10.3. The summed E-state index contributed by atoms with van der Waals surface area (Å²) in [5.74, 6) is -2.69. The summed E-state index contributed by atoms with van der Waals surface area (Å²) in [6, 6.07) is 2.41. The molecule has 0 saturated heterocycles. The molecule has 1 aromatic rings. The Balaban J connectivity index is 2.67. The molecule has 0 heterocycles. The third-order valence-electron chi connectivity index (χ3n) is 3.68. The van der Waals surface area contributed by atoms with Gasteiger partial charge in [-0.1, -0.05) is 12.1 Å². The highest BCUT2D eigenvalue weighted by atomic mass is 16.6. The summed E-state index contributed by atoms with van der Waals surface area (Å²) in [6.07, 6.45) is -1.67. The number of nitrogens with one attached hydrogen (secondary N) is 1. The van der Waals surface area contributed by atoms with Gasteiger partial charge in [0.05, 0.1) is 18.0 Å². The van der Waals surface area contributed by atoms with Gasteiger partial charge in [0, 0.05) is 23.6 Å². The Labute approximate surface area is 172 Å². The molecule has 0 aliphatic carbocycles. The van der Waals surface area contributed by atoms with Gasteiger partial charge in [0.25, 0.3) is 5.69 Å². The highest BCUT2D eigenvalue weighted by Gasteiger charge is 2.27. The number of hydrogen-bond donors (Lipinski definition) is 2. The Bertz CT molecular complexity index is 843. The summed E-state index contributed by atoms with van der Waals surface area (Å²) in [6.45, 7) is 5.82. The number of nitro groups is 1. The molecule has 11 nitrogen and oxygen atoms in total. The van der Waals surface area contributed by atoms with Crippen molar-refractivity contribution in [2.45, 2.75) is 52.2 Å². The average Bonchev–Trinajstić information content (AvgIpc) is 2.59. The number of carboxylic acid groups (broad SMARTS) is 1. The van der Waals surface area contributed by atoms with Crippen LogP contribution in [0.2, 0.25) is 0 Å². The van der Waals surface area contributed by atoms with E-state index in [1.807, 2.05) is 0 Å². The number of nitrogens with zero attached hydrogens (tertiary/aromatic N) is 1. The zero-order chi connectivity index (χ0) is 23.1. The largest absolute Gasteiger partial charge is 0.480 e. The molecule has 0 aromatic heterocycles. The van der Waals surface area contributed by atoms with Crippen LogP contribution in [0.5, 0.6) is 0 Å². The van der Waals surface area contributed by atoms with Gasteiger partial charge >= 0.3 is 18.0 Å². The summed E-state index contributed by atoms with van der Waals surface area (Å²) in [4.78, 5) is 56.8. The fourth-order valence-electron chi connectivity index (χ4n) is 2.31. The molecule has 0 bridgehead atoms. The maximum absolute atomic E-state index is 11.9. The van der Waals surface area contributed by atoms with Crippen LogP contribution in [0, 0.1) is 10.1 Å². The van der Waals surface area contributed by atoms with E-state index in [-0.39, 0.29) is 35.6 Å². The number of aliphatic carboxylic acids is 1. The number of ether oxygens (including phenoxy) is 2. The van der Waals surface area contributed by atoms with Gasteiger partial charge in [0.15, 0.2) is 5.78 Å². The number of hydrogen-bond acceptors (Lipinski definition) is 8. The van der Waals surface area contributed by atoms with Crippen molar-refractivity contribution in [3.8, 4) is 0 Å². The van der Waals surface area contributed by atoms with Crippen LogP contribution in [-0.2, 0) is 25.5 Å². The predicted molar refractivity (Wildman–Crippen MR) is 103 cm³/mol. The summed E-state index contributed by atoms with van der Waals surface area (Å²) >= 11 is 0. The maximum Gasteiger partial charge on any atom is 0.408 e. The van der Waals surface area contributed by atoms with E-state index in [1.54, 1.807) is 20.8 Å². The third kappa shape index (κ3) is 8.25. The Morgan fingerprint density at radius 2 is 1.87 bits per heavy atom. The molecule has 11 heteroatoms. The van der Waals surface area contributed by atoms with Crippen molar-refractivity contribution < 1.29 is 38.7 Å². The van der Waals surface area contributed by atoms with Crippen LogP contribution in [0.15, 0.2) is 18.2 Å². The molecule has 0 fully saturated rings. The number of carbonyl (C=O) groups is 4. The first-order valence-electron chi connectivity index (χ1n) is 8.96. The Kier molecular flexibility index (Phi) is 8.45. The second-order valence-electron chi connectivity index (χ2n) is 7.37. The van der Waals surface area contributed by atoms with Gasteiger partial charge in [-0.05, 0) is 27.7 Å². The Morgan fingerprint density at radius 3 is 2.37 bits per heavy atom. The summed E-state index contributed by atoms with van der Waals surface area (Å²) in [5, 5.41) is 22.4. The molecule has 1 amide bonds. The van der Waals surface area contributed by atoms with E-state index in [2.05, 4.69) is 5.32 Å². The zero-order valence-corrected chi connectivity index (χ0v) is 17.1. The maximum atomic E-state index is 11.9. The van der Waals surface area contributed by atoms with Crippen LogP contribution >= 0.6 is 0 Å². The zero-order valence-electron chi connectivity index (χ0n) is 17.1. The Morgan fingerprint density at radius 1 is 1.23 bits per heavy atom. The normalized spacial score (nSPS) is 11.9. The minimum atomic E-state index is -1.56. The van der Waals surface area contributed by atoms with E-state index in [0.29, 0.717) is 0 Å². The van der Waals surface area contributed by atoms with Gasteiger partial charge in [-0.3, -0.25) is 19.7 Å². The topological polar surface area (TPSA) is 162 Å². The third-order valence-corrected chi connectivity index (χ3v) is 3.68. The minimum absolute atomic E-state index is 0.0164. The Hall–Kier alpha value is -3.50. The standard InChI is InChI=1S/C19H24N2O9/c1-11(22)13-6-5-12(15(9-13)21(27)28)7-8-29-16(23)10-14(17(24)25)20-18(26)30-19(2,3)4/h5-6,9,14H,7-8,10H2,1-4H3,(H,20,26)(H,24,25). The molecule has 0 radical (unpaired) electrons. The van der Waals surface area contributed by atoms with Crippen molar-refractivity contribution in [3.05, 3.63) is 39.4 Å². The molecular formula is C19H24N2O9. The predicted octanol–water partition coefficient (Wildman–Crippen LogP) is 2.25. The summed E-state index contributed by atoms with van der Waals surface area (Å²) in [7, 11) is 0. The van der Waals surface area contributed by atoms with Gasteiger partial charge in [-0.15, -0.1) is 0 Å². The fraction of sp³-hybridized carbons (Fsp3) is 0.474. The lowest BCUT2D eigenvalue weighted by Crippen LogP contribution is -2.44. The number of alkyl carbamates (subject to hydrolysis) is 1. The number of benzene rings is 1. The van der Waals surface area contributed by atoms with E-state index in [9.17, 15) is 29.3 Å². The van der Waals surface area contributed by atoms with Crippen molar-refractivity contribution >= 4 is 29.5 Å². The molecule has 164 valence electrons. The average molecular weight is 424 g/mol. The van der Waals surface area contributed by atoms with E-state index in [0.717, 1.165) is 6.07 Å². The first-order chi connectivity index (χ1) is 13.8. The minimum Gasteiger partial charge on any atom is -0.480 e. The van der Waals surface area contributed by atoms with Crippen molar-refractivity contribution in [1.29, 1.82) is 0 Å². The number of amides is 1. The van der Waals surface area contributed by atoms with Crippen LogP contribution in [0.4, 0.5) is 10.5 Å². The molecule has 0 aliphatic heterocycles. The molecular weight excluding hydrogens is 400 g/mol. The molecule has 1 aromatic carbocycles. The number of ketones is 1. The molecule has 30 heavy (non-hydrogen) atoms. The number of Topliss-reactive ketones (excluding diaryl/α,β-unsaturated/α-hetero) is 1. The van der Waals surface area contributed by atoms with Crippen LogP contribution in [0.25, 0.3) is 0 Å². The van der Waals surface area contributed by atoms with Crippen molar-refractivity contribution in [2.75, 3.05) is 6.61 Å². The molecule has 0 saturated carbocycles. The van der Waals surface area contributed by atoms with Crippen molar-refractivity contribution in [3.63, 3.8) is 0 Å². The molecule has 1 atom stereocenters. The molecule has 0 aliphatic rings. The molecule has 2 N–H and O–H groups in total. The highest BCUT2D eigenvalue weighted by molar-refractivity contribution is 5.94. The number of nitro benzene ring substituents is 1. The van der Waals surface area contributed by atoms with Gasteiger partial charge in [-0.2, -0.15) is 0 Å². The first-order valence-corrected chi connectivity index (χ1v) is 8.96. The van der Waals surface area contributed by atoms with Crippen LogP contribution in [0.3, 0.4) is 0 Å². The molecule has 1 rings (SSSR count). The van der Waals surface area contributed by atoms with Crippen molar-refractivity contribution in [2.24, 2.45) is 0 Å². The van der Waals surface area contributed by atoms with E-state index < -0.39 is 41.0 Å².